The minimum atomic E-state index is -0.348. The molecule has 0 aliphatic rings. The van der Waals surface area contributed by atoms with Gasteiger partial charge in [-0.1, -0.05) is 0 Å². The van der Waals surface area contributed by atoms with Crippen molar-refractivity contribution >= 4 is 16.7 Å². The Morgan fingerprint density at radius 2 is 2.12 bits per heavy atom. The number of nitrogen functional groups attached to an aromatic ring is 1. The Bertz CT molecular complexity index is 516. The van der Waals surface area contributed by atoms with E-state index in [9.17, 15) is 4.39 Å². The van der Waals surface area contributed by atoms with E-state index in [0.29, 0.717) is 35.4 Å². The zero-order valence-corrected chi connectivity index (χ0v) is 8.65. The molecule has 84 valence electrons. The highest BCUT2D eigenvalue weighted by atomic mass is 19.1. The number of nitrogens with zero attached hydrogens (tertiary/aromatic N) is 2. The van der Waals surface area contributed by atoms with Crippen molar-refractivity contribution in [2.75, 3.05) is 12.3 Å². The zero-order chi connectivity index (χ0) is 11.5. The third-order valence-electron chi connectivity index (χ3n) is 2.29. The molecule has 0 radical (unpaired) electrons. The largest absolute Gasteiger partial charge is 0.396 e. The van der Waals surface area contributed by atoms with E-state index in [-0.39, 0.29) is 12.4 Å². The van der Waals surface area contributed by atoms with Gasteiger partial charge in [0.15, 0.2) is 0 Å². The first-order valence-corrected chi connectivity index (χ1v) is 5.03. The second kappa shape index (κ2) is 4.40. The van der Waals surface area contributed by atoms with Crippen LogP contribution < -0.4 is 5.73 Å². The van der Waals surface area contributed by atoms with E-state index in [2.05, 4.69) is 9.97 Å². The van der Waals surface area contributed by atoms with Gasteiger partial charge >= 0.3 is 0 Å². The molecule has 2 aromatic rings. The van der Waals surface area contributed by atoms with Crippen LogP contribution in [0.1, 0.15) is 12.2 Å². The Balaban J connectivity index is 2.47. The molecule has 0 unspecified atom stereocenters. The van der Waals surface area contributed by atoms with Crippen LogP contribution in [0.25, 0.3) is 10.9 Å². The van der Waals surface area contributed by atoms with Gasteiger partial charge in [-0.2, -0.15) is 0 Å². The summed E-state index contributed by atoms with van der Waals surface area (Å²) in [5.41, 5.74) is 6.24. The van der Waals surface area contributed by atoms with Crippen LogP contribution in [0, 0.1) is 5.82 Å². The number of nitrogens with two attached hydrogens (primary N) is 1. The molecular formula is C11H12FN3O. The van der Waals surface area contributed by atoms with E-state index in [4.69, 9.17) is 10.8 Å². The summed E-state index contributed by atoms with van der Waals surface area (Å²) in [5.74, 6) is 0.529. The maximum Gasteiger partial charge on any atom is 0.135 e. The number of hydrogen-bond acceptors (Lipinski definition) is 4. The molecule has 0 bridgehead atoms. The van der Waals surface area contributed by atoms with Gasteiger partial charge in [-0.15, -0.1) is 0 Å². The Labute approximate surface area is 91.9 Å². The fraction of sp³-hybridized carbons (Fsp3) is 0.273. The molecule has 0 saturated carbocycles. The maximum atomic E-state index is 13.0. The number of fused-ring (bicyclic) bond motifs is 1. The summed E-state index contributed by atoms with van der Waals surface area (Å²) in [4.78, 5) is 8.29. The standard InChI is InChI=1S/C11H12FN3O/c12-7-3-4-8-9(6-7)14-10(2-1-5-16)15-11(8)13/h3-4,6,16H,1-2,5H2,(H2,13,14,15). The molecule has 3 N–H and O–H groups in total. The Morgan fingerprint density at radius 1 is 1.31 bits per heavy atom. The van der Waals surface area contributed by atoms with Gasteiger partial charge < -0.3 is 10.8 Å². The third-order valence-corrected chi connectivity index (χ3v) is 2.29. The fourth-order valence-electron chi connectivity index (χ4n) is 1.53. The van der Waals surface area contributed by atoms with E-state index < -0.39 is 0 Å². The van der Waals surface area contributed by atoms with Crippen LogP contribution in [-0.2, 0) is 6.42 Å². The quantitative estimate of drug-likeness (QED) is 0.818. The number of hydrogen-bond donors (Lipinski definition) is 2. The van der Waals surface area contributed by atoms with Gasteiger partial charge in [0, 0.05) is 24.5 Å². The first-order valence-electron chi connectivity index (χ1n) is 5.03. The van der Waals surface area contributed by atoms with Gasteiger partial charge in [0.05, 0.1) is 5.52 Å². The molecule has 1 aromatic heterocycles. The summed E-state index contributed by atoms with van der Waals surface area (Å²) < 4.78 is 13.0. The highest BCUT2D eigenvalue weighted by molar-refractivity contribution is 5.87. The summed E-state index contributed by atoms with van der Waals surface area (Å²) in [6, 6.07) is 4.22. The predicted molar refractivity (Wildman–Crippen MR) is 59.3 cm³/mol. The van der Waals surface area contributed by atoms with Gasteiger partial charge in [0.1, 0.15) is 17.5 Å². The van der Waals surface area contributed by atoms with Crippen molar-refractivity contribution in [3.8, 4) is 0 Å². The monoisotopic (exact) mass is 221 g/mol. The van der Waals surface area contributed by atoms with Crippen molar-refractivity contribution in [3.05, 3.63) is 29.8 Å². The average molecular weight is 221 g/mol. The lowest BCUT2D eigenvalue weighted by atomic mass is 10.2. The SMILES string of the molecule is Nc1nc(CCCO)nc2cc(F)ccc12. The molecule has 0 saturated heterocycles. The summed E-state index contributed by atoms with van der Waals surface area (Å²) in [5, 5.41) is 9.35. The molecule has 1 aromatic carbocycles. The van der Waals surface area contributed by atoms with Crippen LogP contribution in [0.3, 0.4) is 0 Å². The van der Waals surface area contributed by atoms with Crippen LogP contribution in [0.2, 0.25) is 0 Å². The van der Waals surface area contributed by atoms with Gasteiger partial charge in [0.25, 0.3) is 0 Å². The topological polar surface area (TPSA) is 72.0 Å². The van der Waals surface area contributed by atoms with E-state index in [1.165, 1.54) is 12.1 Å². The van der Waals surface area contributed by atoms with Crippen molar-refractivity contribution in [2.24, 2.45) is 0 Å². The van der Waals surface area contributed by atoms with Crippen LogP contribution in [0.4, 0.5) is 10.2 Å². The molecule has 0 aliphatic carbocycles. The Kier molecular flexibility index (Phi) is 2.96. The van der Waals surface area contributed by atoms with Gasteiger partial charge in [0.2, 0.25) is 0 Å². The number of aliphatic hydroxyl groups excluding tert-OH is 1. The van der Waals surface area contributed by atoms with Gasteiger partial charge in [-0.05, 0) is 18.6 Å². The van der Waals surface area contributed by atoms with Crippen LogP contribution in [0.5, 0.6) is 0 Å². The summed E-state index contributed by atoms with van der Waals surface area (Å²) in [6.45, 7) is 0.0739. The fourth-order valence-corrected chi connectivity index (χ4v) is 1.53. The van der Waals surface area contributed by atoms with Gasteiger partial charge in [-0.25, -0.2) is 14.4 Å². The molecular weight excluding hydrogens is 209 g/mol. The van der Waals surface area contributed by atoms with Crippen molar-refractivity contribution in [1.82, 2.24) is 9.97 Å². The third kappa shape index (κ3) is 2.09. The molecule has 0 fully saturated rings. The summed E-state index contributed by atoms with van der Waals surface area (Å²) in [6.07, 6.45) is 1.10. The van der Waals surface area contributed by atoms with E-state index in [0.717, 1.165) is 0 Å². The smallest absolute Gasteiger partial charge is 0.135 e. The summed E-state index contributed by atoms with van der Waals surface area (Å²) >= 11 is 0. The minimum Gasteiger partial charge on any atom is -0.396 e. The van der Waals surface area contributed by atoms with Crippen LogP contribution >= 0.6 is 0 Å². The Hall–Kier alpha value is -1.75. The van der Waals surface area contributed by atoms with Crippen molar-refractivity contribution < 1.29 is 9.50 Å². The summed E-state index contributed by atoms with van der Waals surface area (Å²) in [7, 11) is 0. The highest BCUT2D eigenvalue weighted by Gasteiger charge is 2.05. The molecule has 0 aliphatic heterocycles. The number of rotatable bonds is 3. The zero-order valence-electron chi connectivity index (χ0n) is 8.65. The van der Waals surface area contributed by atoms with Crippen molar-refractivity contribution in [3.63, 3.8) is 0 Å². The van der Waals surface area contributed by atoms with E-state index in [1.807, 2.05) is 0 Å². The second-order valence-corrected chi connectivity index (χ2v) is 3.51. The number of benzene rings is 1. The van der Waals surface area contributed by atoms with Crippen molar-refractivity contribution in [2.45, 2.75) is 12.8 Å². The number of aromatic nitrogens is 2. The average Bonchev–Trinajstić information content (AvgIpc) is 2.25. The lowest BCUT2D eigenvalue weighted by Crippen LogP contribution is -2.02. The number of aryl methyl sites for hydroxylation is 1. The van der Waals surface area contributed by atoms with E-state index >= 15 is 0 Å². The van der Waals surface area contributed by atoms with E-state index in [1.54, 1.807) is 6.07 Å². The molecule has 16 heavy (non-hydrogen) atoms. The first-order chi connectivity index (χ1) is 7.70. The van der Waals surface area contributed by atoms with Gasteiger partial charge in [-0.3, -0.25) is 0 Å². The first kappa shape index (κ1) is 10.8. The number of halogens is 1. The highest BCUT2D eigenvalue weighted by Crippen LogP contribution is 2.19. The number of anilines is 1. The Morgan fingerprint density at radius 3 is 2.88 bits per heavy atom. The molecule has 4 nitrogen and oxygen atoms in total. The molecule has 0 spiro atoms. The molecule has 2 rings (SSSR count). The maximum absolute atomic E-state index is 13.0. The minimum absolute atomic E-state index is 0.0739. The lowest BCUT2D eigenvalue weighted by Gasteiger charge is -2.04. The second-order valence-electron chi connectivity index (χ2n) is 3.51. The number of aliphatic hydroxyl groups is 1. The van der Waals surface area contributed by atoms with Crippen molar-refractivity contribution in [1.29, 1.82) is 0 Å². The lowest BCUT2D eigenvalue weighted by molar-refractivity contribution is 0.287. The molecule has 0 atom stereocenters. The molecule has 1 heterocycles. The van der Waals surface area contributed by atoms with Crippen LogP contribution in [-0.4, -0.2) is 21.7 Å². The molecule has 0 amide bonds. The normalized spacial score (nSPS) is 10.9. The predicted octanol–water partition coefficient (Wildman–Crippen LogP) is 1.28. The van der Waals surface area contributed by atoms with Crippen LogP contribution in [0.15, 0.2) is 18.2 Å². The molecule has 5 heteroatoms.